The first-order valence-corrected chi connectivity index (χ1v) is 9.66. The summed E-state index contributed by atoms with van der Waals surface area (Å²) >= 11 is 2.84. The van der Waals surface area contributed by atoms with Crippen LogP contribution >= 0.6 is 22.7 Å². The van der Waals surface area contributed by atoms with Crippen molar-refractivity contribution in [2.75, 3.05) is 6.61 Å². The van der Waals surface area contributed by atoms with Crippen molar-refractivity contribution < 1.29 is 19.1 Å². The number of aromatic nitrogens is 1. The molecule has 3 amide bonds. The van der Waals surface area contributed by atoms with E-state index in [0.717, 1.165) is 10.4 Å². The van der Waals surface area contributed by atoms with Gasteiger partial charge in [-0.25, -0.2) is 14.6 Å². The second kappa shape index (κ2) is 9.06. The number of carbonyl (C=O) groups excluding carboxylic acids is 3. The van der Waals surface area contributed by atoms with Gasteiger partial charge < -0.3 is 10.1 Å². The summed E-state index contributed by atoms with van der Waals surface area (Å²) in [4.78, 5) is 40.5. The average Bonchev–Trinajstić information content (AvgIpc) is 3.36. The van der Waals surface area contributed by atoms with Crippen molar-refractivity contribution in [3.8, 4) is 9.88 Å². The molecule has 3 rings (SSSR count). The van der Waals surface area contributed by atoms with Crippen LogP contribution in [0.25, 0.3) is 9.88 Å². The van der Waals surface area contributed by atoms with Gasteiger partial charge in [0.25, 0.3) is 5.91 Å². The van der Waals surface area contributed by atoms with Crippen LogP contribution in [0.15, 0.2) is 53.2 Å². The Morgan fingerprint density at radius 2 is 1.85 bits per heavy atom. The van der Waals surface area contributed by atoms with Crippen LogP contribution in [0.3, 0.4) is 0 Å². The molecule has 0 radical (unpaired) electrons. The largest absolute Gasteiger partial charge is 0.451 e. The van der Waals surface area contributed by atoms with Gasteiger partial charge in [0, 0.05) is 11.9 Å². The van der Waals surface area contributed by atoms with Crippen LogP contribution in [0.4, 0.5) is 4.79 Å². The van der Waals surface area contributed by atoms with Crippen molar-refractivity contribution in [1.29, 1.82) is 0 Å². The minimum atomic E-state index is -0.720. The third-order valence-corrected chi connectivity index (χ3v) is 5.21. The lowest BCUT2D eigenvalue weighted by Gasteiger charge is -2.07. The fourth-order valence-corrected chi connectivity index (χ4v) is 3.67. The molecule has 27 heavy (non-hydrogen) atoms. The van der Waals surface area contributed by atoms with E-state index in [-0.39, 0.29) is 12.2 Å². The van der Waals surface area contributed by atoms with Crippen molar-refractivity contribution >= 4 is 40.6 Å². The lowest BCUT2D eigenvalue weighted by atomic mass is 10.2. The van der Waals surface area contributed by atoms with E-state index >= 15 is 0 Å². The topological polar surface area (TPSA) is 97.4 Å². The van der Waals surface area contributed by atoms with E-state index in [2.05, 4.69) is 15.6 Å². The standard InChI is InChI=1S/C18H15N3O4S2/c22-15(21-18(24)19-9-12-5-2-1-3-6-12)10-25-17(23)13-11-27-16(20-13)14-7-4-8-26-14/h1-8,11H,9-10H2,(H2,19,21,22,24). The van der Waals surface area contributed by atoms with Gasteiger partial charge in [0.15, 0.2) is 12.3 Å². The lowest BCUT2D eigenvalue weighted by molar-refractivity contribution is -0.123. The first-order valence-electron chi connectivity index (χ1n) is 7.90. The van der Waals surface area contributed by atoms with E-state index < -0.39 is 24.5 Å². The highest BCUT2D eigenvalue weighted by molar-refractivity contribution is 7.20. The molecule has 1 aromatic carbocycles. The normalized spacial score (nSPS) is 10.2. The summed E-state index contributed by atoms with van der Waals surface area (Å²) in [6.45, 7) is -0.284. The summed E-state index contributed by atoms with van der Waals surface area (Å²) < 4.78 is 4.90. The molecule has 2 aromatic heterocycles. The first-order chi connectivity index (χ1) is 13.1. The Balaban J connectivity index is 1.42. The zero-order chi connectivity index (χ0) is 19.1. The Labute approximate surface area is 163 Å². The molecule has 0 aliphatic rings. The molecule has 3 aromatic rings. The van der Waals surface area contributed by atoms with Crippen molar-refractivity contribution in [3.63, 3.8) is 0 Å². The van der Waals surface area contributed by atoms with E-state index in [1.165, 1.54) is 22.7 Å². The summed E-state index contributed by atoms with van der Waals surface area (Å²) in [5, 5.41) is 8.85. The van der Waals surface area contributed by atoms with E-state index in [9.17, 15) is 14.4 Å². The first kappa shape index (κ1) is 18.7. The van der Waals surface area contributed by atoms with Crippen LogP contribution in [0.5, 0.6) is 0 Å². The molecule has 0 spiro atoms. The van der Waals surface area contributed by atoms with Crippen LogP contribution in [0, 0.1) is 0 Å². The Morgan fingerprint density at radius 3 is 2.59 bits per heavy atom. The quantitative estimate of drug-likeness (QED) is 0.619. The SMILES string of the molecule is O=C(COC(=O)c1csc(-c2cccs2)n1)NC(=O)NCc1ccccc1. The number of benzene rings is 1. The third kappa shape index (κ3) is 5.47. The molecule has 138 valence electrons. The van der Waals surface area contributed by atoms with Gasteiger partial charge >= 0.3 is 12.0 Å². The van der Waals surface area contributed by atoms with E-state index in [0.29, 0.717) is 5.01 Å². The number of thiazole rings is 1. The number of nitrogens with one attached hydrogen (secondary N) is 2. The fraction of sp³-hybridized carbons (Fsp3) is 0.111. The number of hydrogen-bond acceptors (Lipinski definition) is 7. The molecule has 0 fully saturated rings. The minimum Gasteiger partial charge on any atom is -0.451 e. The molecular formula is C18H15N3O4S2. The van der Waals surface area contributed by atoms with Crippen LogP contribution in [0.2, 0.25) is 0 Å². The monoisotopic (exact) mass is 401 g/mol. The highest BCUT2D eigenvalue weighted by Gasteiger charge is 2.16. The summed E-state index contributed by atoms with van der Waals surface area (Å²) in [6, 6.07) is 12.4. The van der Waals surface area contributed by atoms with Gasteiger partial charge in [-0.1, -0.05) is 36.4 Å². The molecule has 9 heteroatoms. The number of thiophene rings is 1. The van der Waals surface area contributed by atoms with E-state index in [4.69, 9.17) is 4.74 Å². The van der Waals surface area contributed by atoms with Crippen molar-refractivity contribution in [3.05, 3.63) is 64.5 Å². The number of hydrogen-bond donors (Lipinski definition) is 2. The summed E-state index contributed by atoms with van der Waals surface area (Å²) in [7, 11) is 0. The number of amides is 3. The predicted octanol–water partition coefficient (Wildman–Crippen LogP) is 3.05. The van der Waals surface area contributed by atoms with Crippen LogP contribution in [-0.4, -0.2) is 29.5 Å². The molecule has 2 heterocycles. The molecule has 0 saturated carbocycles. The van der Waals surface area contributed by atoms with Crippen molar-refractivity contribution in [1.82, 2.24) is 15.6 Å². The lowest BCUT2D eigenvalue weighted by Crippen LogP contribution is -2.41. The second-order valence-electron chi connectivity index (χ2n) is 5.31. The van der Waals surface area contributed by atoms with E-state index in [1.807, 2.05) is 47.8 Å². The molecule has 0 saturated heterocycles. The van der Waals surface area contributed by atoms with Crippen LogP contribution < -0.4 is 10.6 Å². The van der Waals surface area contributed by atoms with Gasteiger partial charge in [-0.2, -0.15) is 0 Å². The highest BCUT2D eigenvalue weighted by atomic mass is 32.1. The Morgan fingerprint density at radius 1 is 1.04 bits per heavy atom. The maximum Gasteiger partial charge on any atom is 0.358 e. The zero-order valence-corrected chi connectivity index (χ0v) is 15.6. The van der Waals surface area contributed by atoms with Crippen LogP contribution in [0.1, 0.15) is 16.1 Å². The zero-order valence-electron chi connectivity index (χ0n) is 14.0. The Kier molecular flexibility index (Phi) is 6.29. The van der Waals surface area contributed by atoms with Gasteiger partial charge in [-0.3, -0.25) is 10.1 Å². The van der Waals surface area contributed by atoms with Crippen molar-refractivity contribution in [2.45, 2.75) is 6.54 Å². The summed E-state index contributed by atoms with van der Waals surface area (Å²) in [5.74, 6) is -1.43. The molecular weight excluding hydrogens is 386 g/mol. The summed E-state index contributed by atoms with van der Waals surface area (Å²) in [6.07, 6.45) is 0. The molecule has 0 atom stereocenters. The molecule has 0 unspecified atom stereocenters. The number of imide groups is 1. The van der Waals surface area contributed by atoms with Gasteiger partial charge in [0.05, 0.1) is 4.88 Å². The number of urea groups is 1. The molecule has 2 N–H and O–H groups in total. The Bertz CT molecular complexity index is 923. The maximum atomic E-state index is 12.0. The van der Waals surface area contributed by atoms with Crippen LogP contribution in [-0.2, 0) is 16.1 Å². The minimum absolute atomic E-state index is 0.129. The molecule has 7 nitrogen and oxygen atoms in total. The smallest absolute Gasteiger partial charge is 0.358 e. The average molecular weight is 401 g/mol. The number of nitrogens with zero attached hydrogens (tertiary/aromatic N) is 1. The molecule has 0 aliphatic heterocycles. The number of ether oxygens (including phenoxy) is 1. The number of carbonyl (C=O) groups is 3. The maximum absolute atomic E-state index is 12.0. The fourth-order valence-electron chi connectivity index (χ4n) is 2.07. The third-order valence-electron chi connectivity index (χ3n) is 3.33. The predicted molar refractivity (Wildman–Crippen MR) is 103 cm³/mol. The molecule has 0 aliphatic carbocycles. The van der Waals surface area contributed by atoms with Gasteiger partial charge in [0.2, 0.25) is 0 Å². The summed E-state index contributed by atoms with van der Waals surface area (Å²) in [5.41, 5.74) is 1.03. The van der Waals surface area contributed by atoms with Gasteiger partial charge in [-0.05, 0) is 17.0 Å². The molecule has 0 bridgehead atoms. The van der Waals surface area contributed by atoms with Gasteiger partial charge in [0.1, 0.15) is 5.01 Å². The second-order valence-corrected chi connectivity index (χ2v) is 7.11. The number of rotatable bonds is 6. The van der Waals surface area contributed by atoms with E-state index in [1.54, 1.807) is 5.38 Å². The Hall–Kier alpha value is -3.04. The van der Waals surface area contributed by atoms with Gasteiger partial charge in [-0.15, -0.1) is 22.7 Å². The number of esters is 1. The van der Waals surface area contributed by atoms with Crippen molar-refractivity contribution in [2.24, 2.45) is 0 Å². The highest BCUT2D eigenvalue weighted by Crippen LogP contribution is 2.27.